The number of amides is 1. The summed E-state index contributed by atoms with van der Waals surface area (Å²) in [6.07, 6.45) is 0. The molecule has 0 radical (unpaired) electrons. The Kier molecular flexibility index (Phi) is 6.63. The van der Waals surface area contributed by atoms with Crippen molar-refractivity contribution in [2.45, 2.75) is 10.8 Å². The Morgan fingerprint density at radius 1 is 1.07 bits per heavy atom. The van der Waals surface area contributed by atoms with Gasteiger partial charge in [0.25, 0.3) is 15.9 Å². The summed E-state index contributed by atoms with van der Waals surface area (Å²) in [6.45, 7) is 0.325. The summed E-state index contributed by atoms with van der Waals surface area (Å²) >= 11 is 1.14. The molecule has 1 aromatic heterocycles. The highest BCUT2D eigenvalue weighted by Crippen LogP contribution is 2.26. The number of benzene rings is 2. The minimum atomic E-state index is -3.63. The fourth-order valence-corrected chi connectivity index (χ4v) is 4.91. The molecule has 0 aliphatic carbocycles. The molecule has 9 heteroatoms. The Labute approximate surface area is 179 Å². The van der Waals surface area contributed by atoms with E-state index in [2.05, 4.69) is 4.72 Å². The van der Waals surface area contributed by atoms with Crippen LogP contribution in [0.25, 0.3) is 0 Å². The van der Waals surface area contributed by atoms with E-state index >= 15 is 0 Å². The average molecular weight is 447 g/mol. The predicted octanol–water partition coefficient (Wildman–Crippen LogP) is 3.84. The highest BCUT2D eigenvalue weighted by Gasteiger charge is 2.17. The maximum Gasteiger partial charge on any atom is 0.271 e. The third kappa shape index (κ3) is 4.92. The van der Waals surface area contributed by atoms with E-state index in [4.69, 9.17) is 9.47 Å². The Morgan fingerprint density at radius 2 is 1.80 bits per heavy atom. The van der Waals surface area contributed by atoms with Gasteiger partial charge >= 0.3 is 0 Å². The number of hydrogen-bond donors (Lipinski definition) is 1. The number of methoxy groups -OCH3 is 2. The molecule has 7 nitrogen and oxygen atoms in total. The number of thiophene rings is 1. The van der Waals surface area contributed by atoms with Crippen LogP contribution >= 0.6 is 11.3 Å². The molecule has 0 atom stereocenters. The van der Waals surface area contributed by atoms with Gasteiger partial charge in [-0.2, -0.15) is 0 Å². The van der Waals surface area contributed by atoms with E-state index in [-0.39, 0.29) is 10.1 Å². The lowest BCUT2D eigenvalue weighted by atomic mass is 10.1. The molecule has 0 aliphatic heterocycles. The molecule has 1 heterocycles. The van der Waals surface area contributed by atoms with Crippen molar-refractivity contribution in [1.82, 2.24) is 4.90 Å². The summed E-state index contributed by atoms with van der Waals surface area (Å²) in [5.41, 5.74) is 1.64. The highest BCUT2D eigenvalue weighted by molar-refractivity contribution is 7.94. The number of rotatable bonds is 8. The van der Waals surface area contributed by atoms with Crippen LogP contribution in [-0.2, 0) is 16.6 Å². The van der Waals surface area contributed by atoms with Crippen molar-refractivity contribution in [3.05, 3.63) is 71.1 Å². The standard InChI is InChI=1S/C21H22N2O5S2/c1-23(14-16-13-18(27-2)10-11-19(16)28-3)21(24)15-6-8-17(9-7-15)22-30(25,26)20-5-4-12-29-20/h4-13,22H,14H2,1-3H3. The molecule has 1 N–H and O–H groups in total. The van der Waals surface area contributed by atoms with Gasteiger partial charge in [-0.3, -0.25) is 9.52 Å². The minimum Gasteiger partial charge on any atom is -0.497 e. The van der Waals surface area contributed by atoms with Crippen molar-refractivity contribution < 1.29 is 22.7 Å². The number of anilines is 1. The first-order valence-corrected chi connectivity index (χ1v) is 11.3. The lowest BCUT2D eigenvalue weighted by Crippen LogP contribution is -2.26. The quantitative estimate of drug-likeness (QED) is 0.568. The van der Waals surface area contributed by atoms with Gasteiger partial charge in [0.2, 0.25) is 0 Å². The maximum atomic E-state index is 12.8. The molecule has 0 aliphatic rings. The van der Waals surface area contributed by atoms with Gasteiger partial charge in [-0.15, -0.1) is 11.3 Å². The summed E-state index contributed by atoms with van der Waals surface area (Å²) in [6, 6.07) is 14.9. The molecule has 0 unspecified atom stereocenters. The lowest BCUT2D eigenvalue weighted by molar-refractivity contribution is 0.0784. The summed E-state index contributed by atoms with van der Waals surface area (Å²) < 4.78 is 38.0. The van der Waals surface area contributed by atoms with E-state index in [0.29, 0.717) is 29.3 Å². The number of hydrogen-bond acceptors (Lipinski definition) is 6. The van der Waals surface area contributed by atoms with E-state index in [1.165, 1.54) is 6.07 Å². The van der Waals surface area contributed by atoms with Gasteiger partial charge in [0, 0.05) is 30.4 Å². The van der Waals surface area contributed by atoms with Crippen molar-refractivity contribution in [2.24, 2.45) is 0 Å². The number of nitrogens with one attached hydrogen (secondary N) is 1. The van der Waals surface area contributed by atoms with E-state index in [9.17, 15) is 13.2 Å². The molecule has 0 bridgehead atoms. The fraction of sp³-hybridized carbons (Fsp3) is 0.190. The average Bonchev–Trinajstić information content (AvgIpc) is 3.29. The number of nitrogens with zero attached hydrogens (tertiary/aromatic N) is 1. The Morgan fingerprint density at radius 3 is 2.40 bits per heavy atom. The second-order valence-corrected chi connectivity index (χ2v) is 9.31. The zero-order chi connectivity index (χ0) is 21.7. The number of carbonyl (C=O) groups is 1. The molecule has 0 saturated carbocycles. The van der Waals surface area contributed by atoms with Gasteiger partial charge in [0.1, 0.15) is 15.7 Å². The van der Waals surface area contributed by atoms with Crippen LogP contribution in [0.4, 0.5) is 5.69 Å². The molecule has 30 heavy (non-hydrogen) atoms. The van der Waals surface area contributed by atoms with Crippen LogP contribution in [0, 0.1) is 0 Å². The van der Waals surface area contributed by atoms with Crippen molar-refractivity contribution in [1.29, 1.82) is 0 Å². The van der Waals surface area contributed by atoms with Gasteiger partial charge in [0.15, 0.2) is 0 Å². The van der Waals surface area contributed by atoms with Crippen LogP contribution in [0.15, 0.2) is 64.2 Å². The lowest BCUT2D eigenvalue weighted by Gasteiger charge is -2.19. The maximum absolute atomic E-state index is 12.8. The molecule has 3 rings (SSSR count). The van der Waals surface area contributed by atoms with Gasteiger partial charge in [0.05, 0.1) is 14.2 Å². The number of sulfonamides is 1. The Balaban J connectivity index is 1.71. The van der Waals surface area contributed by atoms with Gasteiger partial charge in [-0.1, -0.05) is 6.07 Å². The van der Waals surface area contributed by atoms with Crippen LogP contribution in [0.1, 0.15) is 15.9 Å². The van der Waals surface area contributed by atoms with Crippen LogP contribution < -0.4 is 14.2 Å². The van der Waals surface area contributed by atoms with Gasteiger partial charge < -0.3 is 14.4 Å². The molecular weight excluding hydrogens is 424 g/mol. The molecule has 3 aromatic rings. The number of ether oxygens (including phenoxy) is 2. The van der Waals surface area contributed by atoms with E-state index in [0.717, 1.165) is 16.9 Å². The normalized spacial score (nSPS) is 11.0. The highest BCUT2D eigenvalue weighted by atomic mass is 32.2. The van der Waals surface area contributed by atoms with Crippen molar-refractivity contribution in [3.8, 4) is 11.5 Å². The zero-order valence-electron chi connectivity index (χ0n) is 16.8. The topological polar surface area (TPSA) is 84.9 Å². The SMILES string of the molecule is COc1ccc(OC)c(CN(C)C(=O)c2ccc(NS(=O)(=O)c3cccs3)cc2)c1. The number of carbonyl (C=O) groups excluding carboxylic acids is 1. The van der Waals surface area contributed by atoms with Crippen LogP contribution in [0.3, 0.4) is 0 Å². The van der Waals surface area contributed by atoms with Crippen LogP contribution in [0.5, 0.6) is 11.5 Å². The van der Waals surface area contributed by atoms with Crippen molar-refractivity contribution >= 4 is 33.0 Å². The predicted molar refractivity (Wildman–Crippen MR) is 117 cm³/mol. The van der Waals surface area contributed by atoms with E-state index < -0.39 is 10.0 Å². The first-order valence-electron chi connectivity index (χ1n) is 8.97. The second kappa shape index (κ2) is 9.19. The Bertz CT molecular complexity index is 1110. The summed E-state index contributed by atoms with van der Waals surface area (Å²) in [5, 5.41) is 1.70. The summed E-state index contributed by atoms with van der Waals surface area (Å²) in [7, 11) is 1.21. The smallest absolute Gasteiger partial charge is 0.271 e. The molecule has 1 amide bonds. The molecule has 0 fully saturated rings. The monoisotopic (exact) mass is 446 g/mol. The minimum absolute atomic E-state index is 0.201. The van der Waals surface area contributed by atoms with Crippen LogP contribution in [-0.4, -0.2) is 40.5 Å². The molecule has 0 spiro atoms. The first-order chi connectivity index (χ1) is 14.3. The van der Waals surface area contributed by atoms with Crippen molar-refractivity contribution in [3.63, 3.8) is 0 Å². The fourth-order valence-electron chi connectivity index (χ4n) is 2.86. The first kappa shape index (κ1) is 21.7. The Hall–Kier alpha value is -3.04. The van der Waals surface area contributed by atoms with Gasteiger partial charge in [-0.25, -0.2) is 8.42 Å². The molecule has 158 valence electrons. The second-order valence-electron chi connectivity index (χ2n) is 6.45. The molecular formula is C21H22N2O5S2. The van der Waals surface area contributed by atoms with E-state index in [1.807, 2.05) is 6.07 Å². The molecule has 2 aromatic carbocycles. The summed E-state index contributed by atoms with van der Waals surface area (Å²) in [5.74, 6) is 1.13. The van der Waals surface area contributed by atoms with E-state index in [1.54, 1.807) is 74.0 Å². The zero-order valence-corrected chi connectivity index (χ0v) is 18.4. The van der Waals surface area contributed by atoms with Gasteiger partial charge in [-0.05, 0) is 53.9 Å². The molecule has 0 saturated heterocycles. The largest absolute Gasteiger partial charge is 0.497 e. The summed E-state index contributed by atoms with van der Waals surface area (Å²) in [4.78, 5) is 14.4. The van der Waals surface area contributed by atoms with Crippen molar-refractivity contribution in [2.75, 3.05) is 26.0 Å². The third-order valence-corrected chi connectivity index (χ3v) is 7.16. The third-order valence-electron chi connectivity index (χ3n) is 4.39. The van der Waals surface area contributed by atoms with Crippen LogP contribution in [0.2, 0.25) is 0 Å².